The Kier molecular flexibility index (Phi) is 5.17. The molecule has 124 valence electrons. The minimum absolute atomic E-state index is 0.260. The van der Waals surface area contributed by atoms with Crippen LogP contribution in [0.3, 0.4) is 0 Å². The van der Waals surface area contributed by atoms with E-state index in [1.165, 1.54) is 23.1 Å². The number of hydrogen-bond donors (Lipinski definition) is 1. The van der Waals surface area contributed by atoms with E-state index in [4.69, 9.17) is 0 Å². The van der Waals surface area contributed by atoms with Crippen LogP contribution < -0.4 is 5.32 Å². The molecule has 0 saturated carbocycles. The Hall–Kier alpha value is -2.62. The number of para-hydroxylation sites is 1. The molecule has 0 radical (unpaired) electrons. The molecule has 1 aromatic carbocycles. The Morgan fingerprint density at radius 1 is 1.24 bits per heavy atom. The number of nitrogens with zero attached hydrogens (tertiary/aromatic N) is 2. The molecule has 0 saturated heterocycles. The molecule has 1 amide bonds. The SMILES string of the molecule is CSc1nc(C)c(C(=O)Nc2ccccc2)c(-c2cccs2)c1C#N. The van der Waals surface area contributed by atoms with E-state index >= 15 is 0 Å². The van der Waals surface area contributed by atoms with Crippen LogP contribution >= 0.6 is 23.1 Å². The maximum Gasteiger partial charge on any atom is 0.258 e. The normalized spacial score (nSPS) is 10.3. The largest absolute Gasteiger partial charge is 0.322 e. The summed E-state index contributed by atoms with van der Waals surface area (Å²) in [5.74, 6) is -0.260. The summed E-state index contributed by atoms with van der Waals surface area (Å²) in [6.07, 6.45) is 1.88. The molecule has 0 aliphatic heterocycles. The van der Waals surface area contributed by atoms with Gasteiger partial charge >= 0.3 is 0 Å². The molecule has 0 fully saturated rings. The first-order chi connectivity index (χ1) is 12.2. The lowest BCUT2D eigenvalue weighted by molar-refractivity contribution is 0.102. The van der Waals surface area contributed by atoms with Crippen LogP contribution in [0.2, 0.25) is 0 Å². The summed E-state index contributed by atoms with van der Waals surface area (Å²) in [6.45, 7) is 1.80. The third kappa shape index (κ3) is 3.43. The number of aromatic nitrogens is 1. The lowest BCUT2D eigenvalue weighted by Gasteiger charge is -2.15. The number of thiophene rings is 1. The number of pyridine rings is 1. The third-order valence-corrected chi connectivity index (χ3v) is 5.25. The number of thioether (sulfide) groups is 1. The van der Waals surface area contributed by atoms with Gasteiger partial charge in [0.05, 0.1) is 16.8 Å². The molecular formula is C19H15N3OS2. The molecule has 1 N–H and O–H groups in total. The monoisotopic (exact) mass is 365 g/mol. The van der Waals surface area contributed by atoms with Crippen molar-refractivity contribution in [1.82, 2.24) is 4.98 Å². The summed E-state index contributed by atoms with van der Waals surface area (Å²) in [4.78, 5) is 18.3. The van der Waals surface area contributed by atoms with Gasteiger partial charge < -0.3 is 5.32 Å². The van der Waals surface area contributed by atoms with Gasteiger partial charge in [-0.25, -0.2) is 4.98 Å². The number of carbonyl (C=O) groups excluding carboxylic acids is 1. The van der Waals surface area contributed by atoms with E-state index in [2.05, 4.69) is 16.4 Å². The van der Waals surface area contributed by atoms with E-state index in [9.17, 15) is 10.1 Å². The first-order valence-corrected chi connectivity index (χ1v) is 9.65. The number of anilines is 1. The van der Waals surface area contributed by atoms with Crippen molar-refractivity contribution in [3.63, 3.8) is 0 Å². The molecule has 25 heavy (non-hydrogen) atoms. The molecule has 0 aliphatic rings. The van der Waals surface area contributed by atoms with Crippen molar-refractivity contribution in [3.05, 3.63) is 64.7 Å². The molecule has 2 aromatic heterocycles. The predicted molar refractivity (Wildman–Crippen MR) is 103 cm³/mol. The number of hydrogen-bond acceptors (Lipinski definition) is 5. The highest BCUT2D eigenvalue weighted by Crippen LogP contribution is 2.36. The molecule has 0 aliphatic carbocycles. The van der Waals surface area contributed by atoms with Gasteiger partial charge in [-0.2, -0.15) is 5.26 Å². The van der Waals surface area contributed by atoms with E-state index in [0.717, 1.165) is 4.88 Å². The Morgan fingerprint density at radius 3 is 2.60 bits per heavy atom. The van der Waals surface area contributed by atoms with Crippen molar-refractivity contribution in [1.29, 1.82) is 5.26 Å². The van der Waals surface area contributed by atoms with E-state index in [0.29, 0.717) is 33.1 Å². The van der Waals surface area contributed by atoms with Gasteiger partial charge in [0.15, 0.2) is 0 Å². The lowest BCUT2D eigenvalue weighted by Crippen LogP contribution is -2.17. The topological polar surface area (TPSA) is 65.8 Å². The standard InChI is InChI=1S/C19H15N3OS2/c1-12-16(18(23)22-13-7-4-3-5-8-13)17(15-9-6-10-25-15)14(11-20)19(21-12)24-2/h3-10H,1-2H3,(H,22,23). The van der Waals surface area contributed by atoms with Gasteiger partial charge in [0.1, 0.15) is 11.1 Å². The summed E-state index contributed by atoms with van der Waals surface area (Å²) < 4.78 is 0. The molecule has 3 aromatic rings. The highest BCUT2D eigenvalue weighted by atomic mass is 32.2. The predicted octanol–water partition coefficient (Wildman–Crippen LogP) is 4.96. The van der Waals surface area contributed by atoms with Crippen molar-refractivity contribution >= 4 is 34.7 Å². The number of nitrogens with one attached hydrogen (secondary N) is 1. The van der Waals surface area contributed by atoms with Crippen molar-refractivity contribution in [2.24, 2.45) is 0 Å². The fraction of sp³-hybridized carbons (Fsp3) is 0.105. The highest BCUT2D eigenvalue weighted by Gasteiger charge is 2.24. The van der Waals surface area contributed by atoms with Gasteiger partial charge in [-0.1, -0.05) is 24.3 Å². The van der Waals surface area contributed by atoms with Crippen molar-refractivity contribution in [3.8, 4) is 16.5 Å². The minimum atomic E-state index is -0.260. The number of aryl methyl sites for hydroxylation is 1. The molecular weight excluding hydrogens is 350 g/mol. The first-order valence-electron chi connectivity index (χ1n) is 7.54. The fourth-order valence-electron chi connectivity index (χ4n) is 2.59. The van der Waals surface area contributed by atoms with Gasteiger partial charge in [-0.15, -0.1) is 23.1 Å². The molecule has 0 spiro atoms. The van der Waals surface area contributed by atoms with Crippen LogP contribution in [0.4, 0.5) is 5.69 Å². The second-order valence-corrected chi connectivity index (χ2v) is 6.98. The van der Waals surface area contributed by atoms with E-state index in [1.807, 2.05) is 54.1 Å². The number of nitriles is 1. The Morgan fingerprint density at radius 2 is 2.00 bits per heavy atom. The van der Waals surface area contributed by atoms with Gasteiger partial charge in [-0.05, 0) is 36.8 Å². The van der Waals surface area contributed by atoms with Crippen molar-refractivity contribution in [2.75, 3.05) is 11.6 Å². The summed E-state index contributed by atoms with van der Waals surface area (Å²) in [6, 6.07) is 15.3. The Bertz CT molecular complexity index is 945. The molecule has 4 nitrogen and oxygen atoms in total. The van der Waals surface area contributed by atoms with E-state index in [1.54, 1.807) is 6.92 Å². The van der Waals surface area contributed by atoms with Crippen molar-refractivity contribution < 1.29 is 4.79 Å². The minimum Gasteiger partial charge on any atom is -0.322 e. The molecule has 0 bridgehead atoms. The second kappa shape index (κ2) is 7.51. The van der Waals surface area contributed by atoms with Crippen LogP contribution in [0.15, 0.2) is 52.9 Å². The fourth-order valence-corrected chi connectivity index (χ4v) is 3.95. The van der Waals surface area contributed by atoms with Crippen LogP contribution in [0, 0.1) is 18.3 Å². The summed E-state index contributed by atoms with van der Waals surface area (Å²) in [5, 5.41) is 15.2. The van der Waals surface area contributed by atoms with Gasteiger partial charge in [0.25, 0.3) is 5.91 Å². The van der Waals surface area contributed by atoms with E-state index in [-0.39, 0.29) is 5.91 Å². The van der Waals surface area contributed by atoms with E-state index < -0.39 is 0 Å². The summed E-state index contributed by atoms with van der Waals surface area (Å²) >= 11 is 2.91. The second-order valence-electron chi connectivity index (χ2n) is 5.24. The van der Waals surface area contributed by atoms with Crippen molar-refractivity contribution in [2.45, 2.75) is 11.9 Å². The van der Waals surface area contributed by atoms with Crippen LogP contribution in [-0.2, 0) is 0 Å². The Balaban J connectivity index is 2.19. The first kappa shape index (κ1) is 17.2. The third-order valence-electron chi connectivity index (χ3n) is 3.68. The van der Waals surface area contributed by atoms with Gasteiger partial charge in [0, 0.05) is 16.1 Å². The maximum atomic E-state index is 13.0. The highest BCUT2D eigenvalue weighted by molar-refractivity contribution is 7.98. The quantitative estimate of drug-likeness (QED) is 0.663. The number of rotatable bonds is 4. The number of benzene rings is 1. The van der Waals surface area contributed by atoms with Crippen LogP contribution in [0.1, 0.15) is 21.6 Å². The zero-order valence-corrected chi connectivity index (χ0v) is 15.4. The number of carbonyl (C=O) groups is 1. The van der Waals surface area contributed by atoms with Crippen LogP contribution in [0.25, 0.3) is 10.4 Å². The zero-order chi connectivity index (χ0) is 17.8. The number of amides is 1. The average molecular weight is 365 g/mol. The van der Waals surface area contributed by atoms with Gasteiger partial charge in [0.2, 0.25) is 0 Å². The molecule has 2 heterocycles. The molecule has 6 heteroatoms. The van der Waals surface area contributed by atoms with Gasteiger partial charge in [-0.3, -0.25) is 4.79 Å². The molecule has 0 atom stereocenters. The molecule has 3 rings (SSSR count). The smallest absolute Gasteiger partial charge is 0.258 e. The average Bonchev–Trinajstić information content (AvgIpc) is 3.15. The lowest BCUT2D eigenvalue weighted by atomic mass is 9.99. The Labute approximate surface area is 154 Å². The zero-order valence-electron chi connectivity index (χ0n) is 13.7. The maximum absolute atomic E-state index is 13.0. The van der Waals surface area contributed by atoms with Crippen LogP contribution in [0.5, 0.6) is 0 Å². The summed E-state index contributed by atoms with van der Waals surface area (Å²) in [5.41, 5.74) is 2.86. The van der Waals surface area contributed by atoms with Crippen LogP contribution in [-0.4, -0.2) is 17.1 Å². The summed E-state index contributed by atoms with van der Waals surface area (Å²) in [7, 11) is 0. The molecule has 0 unspecified atom stereocenters.